The van der Waals surface area contributed by atoms with Crippen LogP contribution in [0.4, 0.5) is 0 Å². The Morgan fingerprint density at radius 2 is 2.10 bits per heavy atom. The molecular weight excluding hydrogens is 282 g/mol. The molecule has 2 aliphatic rings. The molecule has 1 amide bonds. The van der Waals surface area contributed by atoms with Crippen molar-refractivity contribution < 1.29 is 4.79 Å². The molecule has 2 heterocycles. The molecule has 0 spiro atoms. The number of nitrogens with one attached hydrogen (secondary N) is 1. The van der Waals surface area contributed by atoms with Gasteiger partial charge in [0.1, 0.15) is 0 Å². The van der Waals surface area contributed by atoms with Gasteiger partial charge >= 0.3 is 0 Å². The highest BCUT2D eigenvalue weighted by molar-refractivity contribution is 7.99. The van der Waals surface area contributed by atoms with Crippen LogP contribution in [0.2, 0.25) is 0 Å². The van der Waals surface area contributed by atoms with Gasteiger partial charge in [0.25, 0.3) is 0 Å². The molecule has 3 N–H and O–H groups in total. The van der Waals surface area contributed by atoms with E-state index in [0.29, 0.717) is 18.5 Å². The maximum Gasteiger partial charge on any atom is 0.231 e. The molecule has 1 fully saturated rings. The van der Waals surface area contributed by atoms with Crippen LogP contribution >= 0.6 is 11.8 Å². The van der Waals surface area contributed by atoms with E-state index in [9.17, 15) is 4.79 Å². The molecule has 4 nitrogen and oxygen atoms in total. The molecule has 0 saturated carbocycles. The van der Waals surface area contributed by atoms with Gasteiger partial charge in [0, 0.05) is 29.2 Å². The van der Waals surface area contributed by atoms with Gasteiger partial charge in [-0.1, -0.05) is 18.2 Å². The van der Waals surface area contributed by atoms with E-state index in [-0.39, 0.29) is 5.91 Å². The van der Waals surface area contributed by atoms with Crippen LogP contribution in [-0.4, -0.2) is 48.8 Å². The van der Waals surface area contributed by atoms with Gasteiger partial charge in [-0.05, 0) is 37.6 Å². The number of carbonyl (C=O) groups is 1. The van der Waals surface area contributed by atoms with Gasteiger partial charge in [-0.15, -0.1) is 11.8 Å². The molecule has 0 aromatic heterocycles. The minimum Gasteiger partial charge on any atom is -0.369 e. The Labute approximate surface area is 130 Å². The molecule has 114 valence electrons. The van der Waals surface area contributed by atoms with Crippen molar-refractivity contribution in [3.05, 3.63) is 29.8 Å². The highest BCUT2D eigenvalue weighted by atomic mass is 32.2. The van der Waals surface area contributed by atoms with E-state index in [1.807, 2.05) is 11.8 Å². The molecule has 1 saturated heterocycles. The van der Waals surface area contributed by atoms with E-state index in [2.05, 4.69) is 34.5 Å². The standard InChI is InChI=1S/C16H23N3OS/c17-16(20)10-19(13-5-7-18-8-6-13)9-12-11-21-15-4-2-1-3-14(12)15/h1-4,12-13,18H,5-11H2,(H2,17,20). The largest absolute Gasteiger partial charge is 0.369 e. The van der Waals surface area contributed by atoms with Crippen LogP contribution in [0.3, 0.4) is 0 Å². The van der Waals surface area contributed by atoms with Gasteiger partial charge in [0.05, 0.1) is 6.54 Å². The van der Waals surface area contributed by atoms with Crippen molar-refractivity contribution in [2.75, 3.05) is 31.9 Å². The minimum atomic E-state index is -0.215. The van der Waals surface area contributed by atoms with Gasteiger partial charge in [-0.3, -0.25) is 9.69 Å². The lowest BCUT2D eigenvalue weighted by Crippen LogP contribution is -2.48. The molecule has 0 radical (unpaired) electrons. The van der Waals surface area contributed by atoms with Crippen LogP contribution in [-0.2, 0) is 4.79 Å². The number of hydrogen-bond donors (Lipinski definition) is 2. The summed E-state index contributed by atoms with van der Waals surface area (Å²) in [7, 11) is 0. The Balaban J connectivity index is 1.71. The van der Waals surface area contributed by atoms with Crippen molar-refractivity contribution in [3.8, 4) is 0 Å². The zero-order chi connectivity index (χ0) is 14.7. The first-order valence-electron chi connectivity index (χ1n) is 7.69. The second-order valence-electron chi connectivity index (χ2n) is 5.92. The van der Waals surface area contributed by atoms with Crippen LogP contribution in [0.25, 0.3) is 0 Å². The molecule has 1 unspecified atom stereocenters. The third-order valence-corrected chi connectivity index (χ3v) is 5.69. The second-order valence-corrected chi connectivity index (χ2v) is 6.98. The number of piperidine rings is 1. The summed E-state index contributed by atoms with van der Waals surface area (Å²) >= 11 is 1.93. The molecular formula is C16H23N3OS. The molecule has 5 heteroatoms. The quantitative estimate of drug-likeness (QED) is 0.864. The van der Waals surface area contributed by atoms with Crippen molar-refractivity contribution in [2.24, 2.45) is 5.73 Å². The molecule has 1 atom stereocenters. The van der Waals surface area contributed by atoms with Crippen LogP contribution < -0.4 is 11.1 Å². The predicted octanol–water partition coefficient (Wildman–Crippen LogP) is 1.42. The fourth-order valence-electron chi connectivity index (χ4n) is 3.38. The van der Waals surface area contributed by atoms with E-state index in [1.165, 1.54) is 10.5 Å². The van der Waals surface area contributed by atoms with Gasteiger partial charge in [0.15, 0.2) is 0 Å². The number of benzene rings is 1. The average Bonchev–Trinajstić information content (AvgIpc) is 2.90. The fourth-order valence-corrected chi connectivity index (χ4v) is 4.62. The number of rotatable bonds is 5. The second kappa shape index (κ2) is 6.81. The average molecular weight is 305 g/mol. The number of carbonyl (C=O) groups excluding carboxylic acids is 1. The first-order chi connectivity index (χ1) is 10.2. The lowest BCUT2D eigenvalue weighted by atomic mass is 9.98. The zero-order valence-electron chi connectivity index (χ0n) is 12.3. The van der Waals surface area contributed by atoms with Crippen molar-refractivity contribution in [1.29, 1.82) is 0 Å². The Kier molecular flexibility index (Phi) is 4.83. The Bertz CT molecular complexity index is 502. The molecule has 1 aromatic carbocycles. The molecule has 3 rings (SSSR count). The van der Waals surface area contributed by atoms with Crippen LogP contribution in [0.1, 0.15) is 24.3 Å². The van der Waals surface area contributed by atoms with E-state index >= 15 is 0 Å². The fraction of sp³-hybridized carbons (Fsp3) is 0.562. The number of fused-ring (bicyclic) bond motifs is 1. The van der Waals surface area contributed by atoms with E-state index in [0.717, 1.165) is 38.2 Å². The molecule has 21 heavy (non-hydrogen) atoms. The summed E-state index contributed by atoms with van der Waals surface area (Å²) in [6, 6.07) is 9.12. The Hall–Kier alpha value is -1.04. The van der Waals surface area contributed by atoms with Crippen LogP contribution in [0.5, 0.6) is 0 Å². The molecule has 2 aliphatic heterocycles. The normalized spacial score (nSPS) is 22.4. The number of nitrogens with two attached hydrogens (primary N) is 1. The summed E-state index contributed by atoms with van der Waals surface area (Å²) in [6.07, 6.45) is 2.21. The van der Waals surface area contributed by atoms with Gasteiger partial charge in [0.2, 0.25) is 5.91 Å². The highest BCUT2D eigenvalue weighted by Gasteiger charge is 2.29. The summed E-state index contributed by atoms with van der Waals surface area (Å²) < 4.78 is 0. The number of thioether (sulfide) groups is 1. The number of nitrogens with zero attached hydrogens (tertiary/aromatic N) is 1. The summed E-state index contributed by atoms with van der Waals surface area (Å²) in [5.74, 6) is 1.41. The van der Waals surface area contributed by atoms with Crippen molar-refractivity contribution in [2.45, 2.75) is 29.7 Å². The first-order valence-corrected chi connectivity index (χ1v) is 8.67. The Morgan fingerprint density at radius 3 is 2.86 bits per heavy atom. The smallest absolute Gasteiger partial charge is 0.231 e. The molecule has 0 aliphatic carbocycles. The summed E-state index contributed by atoms with van der Waals surface area (Å²) in [4.78, 5) is 15.1. The van der Waals surface area contributed by atoms with E-state index in [4.69, 9.17) is 5.73 Å². The Morgan fingerprint density at radius 1 is 1.33 bits per heavy atom. The van der Waals surface area contributed by atoms with Crippen molar-refractivity contribution in [1.82, 2.24) is 10.2 Å². The first kappa shape index (κ1) is 14.9. The lowest BCUT2D eigenvalue weighted by molar-refractivity contribution is -0.119. The predicted molar refractivity (Wildman–Crippen MR) is 86.6 cm³/mol. The number of primary amides is 1. The van der Waals surface area contributed by atoms with Crippen molar-refractivity contribution >= 4 is 17.7 Å². The highest BCUT2D eigenvalue weighted by Crippen LogP contribution is 2.39. The number of amides is 1. The number of hydrogen-bond acceptors (Lipinski definition) is 4. The maximum absolute atomic E-state index is 11.4. The van der Waals surface area contributed by atoms with E-state index < -0.39 is 0 Å². The third kappa shape index (κ3) is 3.59. The van der Waals surface area contributed by atoms with E-state index in [1.54, 1.807) is 0 Å². The summed E-state index contributed by atoms with van der Waals surface area (Å²) in [5.41, 5.74) is 6.90. The van der Waals surface area contributed by atoms with Crippen LogP contribution in [0, 0.1) is 0 Å². The zero-order valence-corrected chi connectivity index (χ0v) is 13.1. The maximum atomic E-state index is 11.4. The SMILES string of the molecule is NC(=O)CN(CC1CSc2ccccc21)C1CCNCC1. The minimum absolute atomic E-state index is 0.215. The van der Waals surface area contributed by atoms with Crippen molar-refractivity contribution in [3.63, 3.8) is 0 Å². The third-order valence-electron chi connectivity index (χ3n) is 4.44. The lowest BCUT2D eigenvalue weighted by Gasteiger charge is -2.35. The van der Waals surface area contributed by atoms with Crippen LogP contribution in [0.15, 0.2) is 29.2 Å². The summed E-state index contributed by atoms with van der Waals surface area (Å²) in [6.45, 7) is 3.40. The monoisotopic (exact) mass is 305 g/mol. The van der Waals surface area contributed by atoms with Gasteiger partial charge in [-0.25, -0.2) is 0 Å². The summed E-state index contributed by atoms with van der Waals surface area (Å²) in [5, 5.41) is 3.39. The van der Waals surface area contributed by atoms with Gasteiger partial charge in [-0.2, -0.15) is 0 Å². The topological polar surface area (TPSA) is 58.4 Å². The molecule has 0 bridgehead atoms. The van der Waals surface area contributed by atoms with Gasteiger partial charge < -0.3 is 11.1 Å². The molecule has 1 aromatic rings.